The molecule has 0 fully saturated rings. The molecule has 1 atom stereocenters. The molecule has 0 amide bonds. The van der Waals surface area contributed by atoms with Gasteiger partial charge in [0.05, 0.1) is 18.2 Å². The number of aryl methyl sites for hydroxylation is 2. The summed E-state index contributed by atoms with van der Waals surface area (Å²) in [6, 6.07) is 2.20. The first-order valence-corrected chi connectivity index (χ1v) is 6.94. The molecule has 19 heavy (non-hydrogen) atoms. The second kappa shape index (κ2) is 6.26. The number of nitrogens with one attached hydrogen (secondary N) is 1. The molecule has 5 heteroatoms. The summed E-state index contributed by atoms with van der Waals surface area (Å²) in [5.41, 5.74) is 3.23. The Morgan fingerprint density at radius 1 is 1.53 bits per heavy atom. The van der Waals surface area contributed by atoms with E-state index in [-0.39, 0.29) is 6.04 Å². The number of furan rings is 1. The van der Waals surface area contributed by atoms with Crippen LogP contribution in [0.2, 0.25) is 5.15 Å². The highest BCUT2D eigenvalue weighted by atomic mass is 35.5. The average molecular weight is 282 g/mol. The van der Waals surface area contributed by atoms with Crippen molar-refractivity contribution in [1.82, 2.24) is 15.1 Å². The van der Waals surface area contributed by atoms with Gasteiger partial charge in [0.1, 0.15) is 5.15 Å². The van der Waals surface area contributed by atoms with E-state index < -0.39 is 0 Å². The third-order valence-electron chi connectivity index (χ3n) is 3.26. The van der Waals surface area contributed by atoms with Gasteiger partial charge in [0, 0.05) is 24.2 Å². The summed E-state index contributed by atoms with van der Waals surface area (Å²) < 4.78 is 6.91. The minimum atomic E-state index is 0.207. The Kier molecular flexibility index (Phi) is 4.66. The molecule has 1 N–H and O–H groups in total. The third-order valence-corrected chi connectivity index (χ3v) is 3.74. The molecule has 4 nitrogen and oxygen atoms in total. The van der Waals surface area contributed by atoms with Crippen LogP contribution >= 0.6 is 11.6 Å². The van der Waals surface area contributed by atoms with Crippen LogP contribution in [0.5, 0.6) is 0 Å². The Labute approximate surface area is 118 Å². The van der Waals surface area contributed by atoms with E-state index in [9.17, 15) is 0 Å². The first kappa shape index (κ1) is 14.2. The molecular weight excluding hydrogens is 262 g/mol. The lowest BCUT2D eigenvalue weighted by atomic mass is 10.0. The maximum absolute atomic E-state index is 6.30. The lowest BCUT2D eigenvalue weighted by molar-refractivity contribution is 0.511. The number of aromatic nitrogens is 2. The Morgan fingerprint density at radius 3 is 2.84 bits per heavy atom. The molecule has 2 rings (SSSR count). The maximum atomic E-state index is 6.30. The van der Waals surface area contributed by atoms with Crippen molar-refractivity contribution in [2.75, 3.05) is 6.54 Å². The quantitative estimate of drug-likeness (QED) is 0.884. The molecule has 2 aromatic heterocycles. The van der Waals surface area contributed by atoms with Crippen molar-refractivity contribution in [3.05, 3.63) is 40.6 Å². The number of halogens is 1. The van der Waals surface area contributed by atoms with Crippen LogP contribution in [0.3, 0.4) is 0 Å². The highest BCUT2D eigenvalue weighted by molar-refractivity contribution is 6.30. The average Bonchev–Trinajstić information content (AvgIpc) is 2.98. The minimum Gasteiger partial charge on any atom is -0.472 e. The molecule has 0 radical (unpaired) electrons. The Balaban J connectivity index is 2.20. The van der Waals surface area contributed by atoms with E-state index in [4.69, 9.17) is 16.0 Å². The highest BCUT2D eigenvalue weighted by Gasteiger charge is 2.18. The van der Waals surface area contributed by atoms with E-state index >= 15 is 0 Å². The van der Waals surface area contributed by atoms with Crippen molar-refractivity contribution in [1.29, 1.82) is 0 Å². The lowest BCUT2D eigenvalue weighted by Gasteiger charge is -2.17. The molecule has 2 aromatic rings. The highest BCUT2D eigenvalue weighted by Crippen LogP contribution is 2.26. The maximum Gasteiger partial charge on any atom is 0.130 e. The van der Waals surface area contributed by atoms with Crippen molar-refractivity contribution in [3.63, 3.8) is 0 Å². The summed E-state index contributed by atoms with van der Waals surface area (Å²) in [5, 5.41) is 8.60. The largest absolute Gasteiger partial charge is 0.472 e. The summed E-state index contributed by atoms with van der Waals surface area (Å²) in [6.45, 7) is 5.11. The summed E-state index contributed by atoms with van der Waals surface area (Å²) in [5.74, 6) is 0. The fourth-order valence-electron chi connectivity index (χ4n) is 2.21. The zero-order valence-electron chi connectivity index (χ0n) is 11.6. The number of hydrogen-bond donors (Lipinski definition) is 1. The monoisotopic (exact) mass is 281 g/mol. The molecule has 0 bridgehead atoms. The summed E-state index contributed by atoms with van der Waals surface area (Å²) >= 11 is 6.30. The molecule has 0 aliphatic heterocycles. The van der Waals surface area contributed by atoms with Gasteiger partial charge >= 0.3 is 0 Å². The van der Waals surface area contributed by atoms with E-state index in [0.717, 1.165) is 36.2 Å². The smallest absolute Gasteiger partial charge is 0.130 e. The van der Waals surface area contributed by atoms with Gasteiger partial charge in [0.15, 0.2) is 0 Å². The molecule has 0 saturated heterocycles. The summed E-state index contributed by atoms with van der Waals surface area (Å²) in [4.78, 5) is 0. The fraction of sp³-hybridized carbons (Fsp3) is 0.500. The molecular formula is C14H20ClN3O. The molecule has 1 unspecified atom stereocenters. The van der Waals surface area contributed by atoms with Crippen LogP contribution in [-0.2, 0) is 13.5 Å². The predicted octanol–water partition coefficient (Wildman–Crippen LogP) is 3.26. The van der Waals surface area contributed by atoms with E-state index in [1.165, 1.54) is 0 Å². The number of hydrogen-bond acceptors (Lipinski definition) is 3. The summed E-state index contributed by atoms with van der Waals surface area (Å²) in [6.07, 6.45) is 5.40. The van der Waals surface area contributed by atoms with Gasteiger partial charge in [-0.25, -0.2) is 0 Å². The van der Waals surface area contributed by atoms with E-state index in [2.05, 4.69) is 17.3 Å². The number of nitrogens with zero attached hydrogens (tertiary/aromatic N) is 2. The topological polar surface area (TPSA) is 43.0 Å². The van der Waals surface area contributed by atoms with Crippen LogP contribution < -0.4 is 5.32 Å². The summed E-state index contributed by atoms with van der Waals surface area (Å²) in [7, 11) is 1.87. The second-order valence-electron chi connectivity index (χ2n) is 4.75. The van der Waals surface area contributed by atoms with E-state index in [1.807, 2.05) is 20.0 Å². The van der Waals surface area contributed by atoms with E-state index in [0.29, 0.717) is 5.15 Å². The molecule has 2 heterocycles. The Bertz CT molecular complexity index is 519. The van der Waals surface area contributed by atoms with Crippen molar-refractivity contribution < 1.29 is 4.42 Å². The van der Waals surface area contributed by atoms with Gasteiger partial charge in [0.2, 0.25) is 0 Å². The normalized spacial score (nSPS) is 12.8. The van der Waals surface area contributed by atoms with Crippen molar-refractivity contribution in [2.45, 2.75) is 32.7 Å². The van der Waals surface area contributed by atoms with Crippen molar-refractivity contribution in [2.24, 2.45) is 7.05 Å². The molecule has 0 aromatic carbocycles. The van der Waals surface area contributed by atoms with Gasteiger partial charge in [-0.05, 0) is 32.4 Å². The standard InChI is InChI=1S/C14H20ClN3O/c1-4-6-16-13(11-5-7-19-9-11)8-12-10(2)17-18(3)14(12)15/h5,7,9,13,16H,4,6,8H2,1-3H3. The zero-order chi connectivity index (χ0) is 13.8. The molecule has 0 aliphatic carbocycles. The first-order valence-electron chi connectivity index (χ1n) is 6.57. The van der Waals surface area contributed by atoms with Gasteiger partial charge in [0.25, 0.3) is 0 Å². The van der Waals surface area contributed by atoms with Gasteiger partial charge in [-0.15, -0.1) is 0 Å². The number of rotatable bonds is 6. The fourth-order valence-corrected chi connectivity index (χ4v) is 2.46. The van der Waals surface area contributed by atoms with Crippen LogP contribution in [0.25, 0.3) is 0 Å². The van der Waals surface area contributed by atoms with Crippen LogP contribution in [-0.4, -0.2) is 16.3 Å². The molecule has 104 valence electrons. The van der Waals surface area contributed by atoms with Crippen LogP contribution in [0, 0.1) is 6.92 Å². The lowest BCUT2D eigenvalue weighted by Crippen LogP contribution is -2.24. The molecule has 0 saturated carbocycles. The molecule has 0 aliphatic rings. The van der Waals surface area contributed by atoms with E-state index in [1.54, 1.807) is 17.2 Å². The van der Waals surface area contributed by atoms with Gasteiger partial charge in [-0.3, -0.25) is 4.68 Å². The Hall–Kier alpha value is -1.26. The molecule has 0 spiro atoms. The van der Waals surface area contributed by atoms with Crippen molar-refractivity contribution >= 4 is 11.6 Å². The SMILES string of the molecule is CCCNC(Cc1c(C)nn(C)c1Cl)c1ccoc1. The van der Waals surface area contributed by atoms with Gasteiger partial charge < -0.3 is 9.73 Å². The zero-order valence-corrected chi connectivity index (χ0v) is 12.4. The first-order chi connectivity index (χ1) is 9.13. The van der Waals surface area contributed by atoms with Gasteiger partial charge in [-0.2, -0.15) is 5.10 Å². The van der Waals surface area contributed by atoms with Gasteiger partial charge in [-0.1, -0.05) is 18.5 Å². The predicted molar refractivity (Wildman–Crippen MR) is 76.4 cm³/mol. The second-order valence-corrected chi connectivity index (χ2v) is 5.10. The van der Waals surface area contributed by atoms with Crippen LogP contribution in [0.4, 0.5) is 0 Å². The minimum absolute atomic E-state index is 0.207. The third kappa shape index (κ3) is 3.19. The van der Waals surface area contributed by atoms with Crippen LogP contribution in [0.15, 0.2) is 23.0 Å². The Morgan fingerprint density at radius 2 is 2.32 bits per heavy atom. The van der Waals surface area contributed by atoms with Crippen LogP contribution in [0.1, 0.15) is 36.2 Å². The van der Waals surface area contributed by atoms with Crippen molar-refractivity contribution in [3.8, 4) is 0 Å².